The lowest BCUT2D eigenvalue weighted by atomic mass is 9.88. The van der Waals surface area contributed by atoms with E-state index in [0.29, 0.717) is 12.8 Å². The van der Waals surface area contributed by atoms with Crippen molar-refractivity contribution in [3.05, 3.63) is 24.3 Å². The summed E-state index contributed by atoms with van der Waals surface area (Å²) in [5.74, 6) is -6.14. The van der Waals surface area contributed by atoms with Gasteiger partial charge in [0.1, 0.15) is 67.1 Å². The average Bonchev–Trinajstić information content (AvgIpc) is 0.898. The Hall–Kier alpha value is -2.79. The molecule has 3 saturated heterocycles. The van der Waals surface area contributed by atoms with Crippen LogP contribution in [0.4, 0.5) is 0 Å². The first-order chi connectivity index (χ1) is 43.4. The van der Waals surface area contributed by atoms with Crippen molar-refractivity contribution in [1.29, 1.82) is 0 Å². The summed E-state index contributed by atoms with van der Waals surface area (Å²) >= 11 is 0. The number of amides is 2. The molecule has 2 amide bonds. The standard InChI is InChI=1S/C67H122N2O21/c1-4-6-8-10-12-14-15-16-17-18-19-20-21-22-23-24-25-26-27-28-29-30-31-33-35-37-39-41-54(77)69-48(49(74)40-38-36-34-32-13-11-9-7-5-2)46-85-64-59(81)58(80)61(53(45-72)87-64)88-65-60(82)63(57(79)52(44-71)86-65)90-67(66(83)84)42-50(75)55(68-47(3)73)62(89-67)56(78)51(76)43-70/h22-23,38,40,48-53,55-65,70-72,74-76,78-82H,4-21,24-37,39,41-46H2,1-3H3,(H,68,73)(H,69,77)(H,83,84)/b23-22-,40-38+. The minimum absolute atomic E-state index is 0.200. The van der Waals surface area contributed by atoms with Gasteiger partial charge in [-0.2, -0.15) is 0 Å². The van der Waals surface area contributed by atoms with Gasteiger partial charge < -0.3 is 100 Å². The fourth-order valence-corrected chi connectivity index (χ4v) is 12.1. The maximum atomic E-state index is 13.4. The number of hydrogen-bond acceptors (Lipinski definition) is 20. The fraction of sp³-hybridized carbons (Fsp3) is 0.896. The quantitative estimate of drug-likeness (QED) is 0.0243. The highest BCUT2D eigenvalue weighted by Crippen LogP contribution is 2.39. The molecule has 0 spiro atoms. The highest BCUT2D eigenvalue weighted by Gasteiger charge is 2.60. The number of carbonyl (C=O) groups is 3. The number of aliphatic hydroxyl groups excluding tert-OH is 11. The highest BCUT2D eigenvalue weighted by atomic mass is 16.8. The minimum atomic E-state index is -3.08. The van der Waals surface area contributed by atoms with Crippen LogP contribution >= 0.6 is 0 Å². The Kier molecular flexibility index (Phi) is 43.4. The number of aliphatic carboxylic acids is 1. The van der Waals surface area contributed by atoms with Gasteiger partial charge in [0.2, 0.25) is 11.8 Å². The summed E-state index contributed by atoms with van der Waals surface area (Å²) in [7, 11) is 0. The summed E-state index contributed by atoms with van der Waals surface area (Å²) in [6.07, 6.45) is 18.4. The molecule has 0 aliphatic carbocycles. The van der Waals surface area contributed by atoms with Crippen molar-refractivity contribution in [3.8, 4) is 0 Å². The smallest absolute Gasteiger partial charge is 0.364 e. The van der Waals surface area contributed by atoms with E-state index in [0.717, 1.165) is 64.7 Å². The third-order valence-corrected chi connectivity index (χ3v) is 17.6. The van der Waals surface area contributed by atoms with Crippen LogP contribution in [0.15, 0.2) is 24.3 Å². The minimum Gasteiger partial charge on any atom is -0.477 e. The molecule has 3 aliphatic heterocycles. The van der Waals surface area contributed by atoms with Gasteiger partial charge in [-0.15, -0.1) is 0 Å². The summed E-state index contributed by atoms with van der Waals surface area (Å²) in [6.45, 7) is 2.09. The largest absolute Gasteiger partial charge is 0.477 e. The predicted molar refractivity (Wildman–Crippen MR) is 338 cm³/mol. The molecular formula is C67H122N2O21. The molecule has 0 aromatic heterocycles. The summed E-state index contributed by atoms with van der Waals surface area (Å²) in [5, 5.41) is 136. The number of nitrogens with one attached hydrogen (secondary N) is 2. The van der Waals surface area contributed by atoms with Crippen molar-refractivity contribution >= 4 is 17.8 Å². The SMILES string of the molecule is CCCCCCCCC/C=C/C(O)C(COC1OC(CO)C(OC2OC(CO)C(O)C(OC3(C(=O)O)CC(O)C(NC(C)=O)C(C(O)C(O)CO)O3)C2O)C(O)C1O)NC(=O)CCCCCCCCCCCCC/C=C\CCCCCCCCCCCCCC. The monoisotopic (exact) mass is 1290 g/mol. The van der Waals surface area contributed by atoms with E-state index < -0.39 is 155 Å². The van der Waals surface area contributed by atoms with E-state index >= 15 is 0 Å². The van der Waals surface area contributed by atoms with Gasteiger partial charge in [0.15, 0.2) is 12.6 Å². The zero-order valence-corrected chi connectivity index (χ0v) is 54.7. The van der Waals surface area contributed by atoms with E-state index in [-0.39, 0.29) is 12.3 Å². The van der Waals surface area contributed by atoms with Crippen LogP contribution in [0.1, 0.15) is 245 Å². The molecule has 23 nitrogen and oxygen atoms in total. The number of rotatable bonds is 52. The molecule has 0 aromatic carbocycles. The van der Waals surface area contributed by atoms with Gasteiger partial charge in [-0.05, 0) is 44.9 Å². The summed E-state index contributed by atoms with van der Waals surface area (Å²) in [6, 6.07) is -2.62. The van der Waals surface area contributed by atoms with Gasteiger partial charge in [-0.1, -0.05) is 205 Å². The van der Waals surface area contributed by atoms with Crippen molar-refractivity contribution in [2.45, 2.75) is 355 Å². The zero-order valence-electron chi connectivity index (χ0n) is 54.7. The lowest BCUT2D eigenvalue weighted by Crippen LogP contribution is -2.70. The zero-order chi connectivity index (χ0) is 66.1. The lowest BCUT2D eigenvalue weighted by Gasteiger charge is -2.50. The maximum Gasteiger partial charge on any atom is 0.364 e. The third-order valence-electron chi connectivity index (χ3n) is 17.6. The van der Waals surface area contributed by atoms with Gasteiger partial charge in [0.05, 0.1) is 50.7 Å². The Morgan fingerprint density at radius 1 is 0.578 bits per heavy atom. The van der Waals surface area contributed by atoms with Crippen molar-refractivity contribution in [3.63, 3.8) is 0 Å². The van der Waals surface area contributed by atoms with Gasteiger partial charge in [0, 0.05) is 19.8 Å². The van der Waals surface area contributed by atoms with Gasteiger partial charge in [-0.3, -0.25) is 9.59 Å². The van der Waals surface area contributed by atoms with Crippen LogP contribution in [-0.2, 0) is 42.8 Å². The van der Waals surface area contributed by atoms with E-state index in [1.165, 1.54) is 141 Å². The highest BCUT2D eigenvalue weighted by molar-refractivity contribution is 5.77. The summed E-state index contributed by atoms with van der Waals surface area (Å²) in [4.78, 5) is 38.4. The molecular weight excluding hydrogens is 1170 g/mol. The Morgan fingerprint density at radius 2 is 1.04 bits per heavy atom. The number of allylic oxidation sites excluding steroid dienone is 3. The predicted octanol–water partition coefficient (Wildman–Crippen LogP) is 6.06. The van der Waals surface area contributed by atoms with E-state index in [4.69, 9.17) is 28.4 Å². The number of carbonyl (C=O) groups excluding carboxylic acids is 2. The molecule has 23 heteroatoms. The molecule has 3 rings (SSSR count). The molecule has 18 unspecified atom stereocenters. The summed E-state index contributed by atoms with van der Waals surface area (Å²) < 4.78 is 34.7. The third kappa shape index (κ3) is 30.3. The van der Waals surface area contributed by atoms with E-state index in [1.807, 2.05) is 6.08 Å². The van der Waals surface area contributed by atoms with Crippen LogP contribution < -0.4 is 10.6 Å². The Labute approximate surface area is 536 Å². The van der Waals surface area contributed by atoms with Crippen LogP contribution in [0.25, 0.3) is 0 Å². The van der Waals surface area contributed by atoms with Crippen molar-refractivity contribution in [1.82, 2.24) is 10.6 Å². The topological polar surface area (TPSA) is 373 Å². The molecule has 0 bridgehead atoms. The maximum absolute atomic E-state index is 13.4. The molecule has 18 atom stereocenters. The fourth-order valence-electron chi connectivity index (χ4n) is 12.1. The number of aliphatic hydroxyl groups is 11. The van der Waals surface area contributed by atoms with Crippen LogP contribution in [0.3, 0.4) is 0 Å². The van der Waals surface area contributed by atoms with Gasteiger partial charge in [-0.25, -0.2) is 4.79 Å². The second-order valence-corrected chi connectivity index (χ2v) is 25.4. The van der Waals surface area contributed by atoms with Crippen molar-refractivity contribution < 1.29 is 104 Å². The van der Waals surface area contributed by atoms with Crippen molar-refractivity contribution in [2.24, 2.45) is 0 Å². The van der Waals surface area contributed by atoms with Crippen LogP contribution in [-0.4, -0.2) is 215 Å². The summed E-state index contributed by atoms with van der Waals surface area (Å²) in [5.41, 5.74) is 0. The van der Waals surface area contributed by atoms with Crippen LogP contribution in [0.2, 0.25) is 0 Å². The first kappa shape index (κ1) is 81.4. The number of carboxylic acid groups (broad SMARTS) is 1. The first-order valence-corrected chi connectivity index (χ1v) is 34.7. The molecule has 0 radical (unpaired) electrons. The number of ether oxygens (including phenoxy) is 6. The molecule has 526 valence electrons. The average molecular weight is 1290 g/mol. The number of carboxylic acids is 1. The lowest BCUT2D eigenvalue weighted by molar-refractivity contribution is -0.386. The first-order valence-electron chi connectivity index (χ1n) is 34.7. The normalized spacial score (nSPS) is 28.7. The molecule has 90 heavy (non-hydrogen) atoms. The van der Waals surface area contributed by atoms with Crippen LogP contribution in [0.5, 0.6) is 0 Å². The van der Waals surface area contributed by atoms with E-state index in [9.17, 15) is 75.7 Å². The number of unbranched alkanes of at least 4 members (excludes halogenated alkanes) is 30. The molecule has 14 N–H and O–H groups in total. The Morgan fingerprint density at radius 3 is 1.51 bits per heavy atom. The number of hydrogen-bond donors (Lipinski definition) is 14. The second-order valence-electron chi connectivity index (χ2n) is 25.4. The second kappa shape index (κ2) is 48.0. The molecule has 3 aliphatic rings. The van der Waals surface area contributed by atoms with E-state index in [1.54, 1.807) is 6.08 Å². The molecule has 3 fully saturated rings. The Balaban J connectivity index is 1.51. The molecule has 0 saturated carbocycles. The molecule has 0 aromatic rings. The van der Waals surface area contributed by atoms with Crippen molar-refractivity contribution in [2.75, 3.05) is 26.4 Å². The Bertz CT molecular complexity index is 1920. The van der Waals surface area contributed by atoms with Gasteiger partial charge in [0.25, 0.3) is 5.79 Å². The van der Waals surface area contributed by atoms with Crippen LogP contribution in [0, 0.1) is 0 Å². The molecule has 3 heterocycles. The van der Waals surface area contributed by atoms with E-state index in [2.05, 4.69) is 36.6 Å². The van der Waals surface area contributed by atoms with Gasteiger partial charge >= 0.3 is 5.97 Å².